The molecule has 25 heavy (non-hydrogen) atoms. The van der Waals surface area contributed by atoms with Crippen LogP contribution >= 0.6 is 11.8 Å². The molecule has 0 spiro atoms. The predicted octanol–water partition coefficient (Wildman–Crippen LogP) is 3.58. The fourth-order valence-electron chi connectivity index (χ4n) is 2.49. The third kappa shape index (κ3) is 3.49. The van der Waals surface area contributed by atoms with E-state index in [1.807, 2.05) is 68.7 Å². The van der Waals surface area contributed by atoms with Crippen molar-refractivity contribution in [1.82, 2.24) is 15.3 Å². The zero-order valence-corrected chi connectivity index (χ0v) is 15.3. The second-order valence-electron chi connectivity index (χ2n) is 5.78. The van der Waals surface area contributed by atoms with E-state index in [0.717, 1.165) is 39.0 Å². The van der Waals surface area contributed by atoms with Gasteiger partial charge in [-0.15, -0.1) is 0 Å². The Morgan fingerprint density at radius 2 is 1.80 bits per heavy atom. The van der Waals surface area contributed by atoms with Gasteiger partial charge >= 0.3 is 0 Å². The summed E-state index contributed by atoms with van der Waals surface area (Å²) < 4.78 is 0. The summed E-state index contributed by atoms with van der Waals surface area (Å²) in [6.07, 6.45) is 3.77. The minimum Gasteiger partial charge on any atom is -0.378 e. The molecule has 0 aliphatic rings. The van der Waals surface area contributed by atoms with Gasteiger partial charge < -0.3 is 4.90 Å². The molecule has 126 valence electrons. The van der Waals surface area contributed by atoms with Gasteiger partial charge in [0.25, 0.3) is 0 Å². The fourth-order valence-corrected chi connectivity index (χ4v) is 2.82. The second kappa shape index (κ2) is 6.95. The van der Waals surface area contributed by atoms with E-state index in [9.17, 15) is 0 Å². The molecule has 7 heteroatoms. The number of hydrogen-bond acceptors (Lipinski definition) is 6. The molecule has 0 aliphatic carbocycles. The predicted molar refractivity (Wildman–Crippen MR) is 105 cm³/mol. The van der Waals surface area contributed by atoms with Gasteiger partial charge in [0.05, 0.1) is 27.8 Å². The van der Waals surface area contributed by atoms with Gasteiger partial charge in [-0.3, -0.25) is 5.32 Å². The Kier molecular flexibility index (Phi) is 4.72. The zero-order valence-electron chi connectivity index (χ0n) is 14.5. The molecule has 0 amide bonds. The molecular weight excluding hydrogens is 332 g/mol. The van der Waals surface area contributed by atoms with Gasteiger partial charge in [-0.2, -0.15) is 5.26 Å². The van der Waals surface area contributed by atoms with Crippen molar-refractivity contribution < 1.29 is 0 Å². The summed E-state index contributed by atoms with van der Waals surface area (Å²) in [6.45, 7) is 1.98. The molecular formula is C18H18N6S. The maximum Gasteiger partial charge on any atom is 0.183 e. The molecule has 3 rings (SSSR count). The molecule has 1 N–H and O–H groups in total. The summed E-state index contributed by atoms with van der Waals surface area (Å²) in [6, 6.07) is 9.93. The highest BCUT2D eigenvalue weighted by Crippen LogP contribution is 2.27. The molecule has 0 bridgehead atoms. The fraction of sp³-hybridized carbons (Fsp3) is 0.222. The highest BCUT2D eigenvalue weighted by Gasteiger charge is 2.08. The maximum atomic E-state index is 8.79. The van der Waals surface area contributed by atoms with E-state index in [1.54, 1.807) is 0 Å². The largest absolute Gasteiger partial charge is 0.378 e. The van der Waals surface area contributed by atoms with Crippen LogP contribution in [0.1, 0.15) is 5.56 Å². The third-order valence-corrected chi connectivity index (χ3v) is 4.41. The molecule has 0 fully saturated rings. The first-order valence-electron chi connectivity index (χ1n) is 7.69. The normalized spacial score (nSPS) is 11.6. The van der Waals surface area contributed by atoms with Gasteiger partial charge in [0.2, 0.25) is 0 Å². The van der Waals surface area contributed by atoms with Crippen LogP contribution in [0, 0.1) is 18.4 Å². The summed E-state index contributed by atoms with van der Waals surface area (Å²) in [5.74, 6) is 0. The molecule has 3 aromatic rings. The summed E-state index contributed by atoms with van der Waals surface area (Å²) in [5, 5.41) is 11.9. The van der Waals surface area contributed by atoms with Crippen molar-refractivity contribution in [3.8, 4) is 6.19 Å². The number of aliphatic imine (C=N–C) groups is 1. The molecule has 1 aromatic heterocycles. The number of amidine groups is 1. The number of anilines is 1. The number of benzene rings is 2. The molecule has 0 aliphatic heterocycles. The summed E-state index contributed by atoms with van der Waals surface area (Å²) >= 11 is 1.39. The Balaban J connectivity index is 2.17. The van der Waals surface area contributed by atoms with Crippen molar-refractivity contribution in [3.05, 3.63) is 35.9 Å². The van der Waals surface area contributed by atoms with Crippen LogP contribution in [0.3, 0.4) is 0 Å². The second-order valence-corrected chi connectivity index (χ2v) is 6.57. The first-order chi connectivity index (χ1) is 12.0. The number of aromatic nitrogens is 2. The van der Waals surface area contributed by atoms with Crippen molar-refractivity contribution in [2.24, 2.45) is 4.99 Å². The number of nitriles is 1. The van der Waals surface area contributed by atoms with Gasteiger partial charge in [-0.1, -0.05) is 11.8 Å². The molecule has 0 unspecified atom stereocenters. The number of rotatable bonds is 2. The minimum absolute atomic E-state index is 0.550. The number of thioether (sulfide) groups is 1. The van der Waals surface area contributed by atoms with Gasteiger partial charge in [0.1, 0.15) is 0 Å². The molecule has 0 atom stereocenters. The van der Waals surface area contributed by atoms with Gasteiger partial charge in [-0.25, -0.2) is 15.0 Å². The van der Waals surface area contributed by atoms with E-state index in [-0.39, 0.29) is 0 Å². The van der Waals surface area contributed by atoms with Crippen molar-refractivity contribution in [2.45, 2.75) is 6.92 Å². The molecule has 1 heterocycles. The lowest BCUT2D eigenvalue weighted by Gasteiger charge is -2.13. The maximum absolute atomic E-state index is 8.79. The molecule has 6 nitrogen and oxygen atoms in total. The first-order valence-corrected chi connectivity index (χ1v) is 8.91. The van der Waals surface area contributed by atoms with E-state index in [1.165, 1.54) is 11.8 Å². The molecule has 0 saturated carbocycles. The lowest BCUT2D eigenvalue weighted by Crippen LogP contribution is -2.12. The average Bonchev–Trinajstić information content (AvgIpc) is 2.59. The van der Waals surface area contributed by atoms with Crippen molar-refractivity contribution >= 4 is 50.4 Å². The van der Waals surface area contributed by atoms with Crippen LogP contribution in [0.5, 0.6) is 0 Å². The number of nitrogens with one attached hydrogen (secondary N) is 1. The SMILES string of the molecule is CSC(=Nc1cc2nc3cc(N(C)C)ccc3nc2cc1C)NC#N. The highest BCUT2D eigenvalue weighted by atomic mass is 32.2. The van der Waals surface area contributed by atoms with Gasteiger partial charge in [-0.05, 0) is 49.1 Å². The highest BCUT2D eigenvalue weighted by molar-refractivity contribution is 8.13. The number of nitrogens with zero attached hydrogens (tertiary/aromatic N) is 5. The van der Waals surface area contributed by atoms with Crippen LogP contribution in [0.15, 0.2) is 35.3 Å². The Bertz CT molecular complexity index is 1020. The van der Waals surface area contributed by atoms with E-state index < -0.39 is 0 Å². The molecule has 2 aromatic carbocycles. The Morgan fingerprint density at radius 1 is 1.12 bits per heavy atom. The Morgan fingerprint density at radius 3 is 2.48 bits per heavy atom. The van der Waals surface area contributed by atoms with Crippen LogP contribution in [0.2, 0.25) is 0 Å². The Labute approximate surface area is 150 Å². The van der Waals surface area contributed by atoms with Crippen LogP contribution in [-0.4, -0.2) is 35.5 Å². The van der Waals surface area contributed by atoms with Crippen LogP contribution in [0.25, 0.3) is 22.1 Å². The molecule has 0 radical (unpaired) electrons. The van der Waals surface area contributed by atoms with Gasteiger partial charge in [0, 0.05) is 19.8 Å². The van der Waals surface area contributed by atoms with E-state index in [4.69, 9.17) is 15.2 Å². The first kappa shape index (κ1) is 17.0. The number of aryl methyl sites for hydroxylation is 1. The average molecular weight is 350 g/mol. The topological polar surface area (TPSA) is 77.2 Å². The van der Waals surface area contributed by atoms with Crippen LogP contribution in [-0.2, 0) is 0 Å². The zero-order chi connectivity index (χ0) is 18.0. The van der Waals surface area contributed by atoms with Crippen molar-refractivity contribution in [1.29, 1.82) is 5.26 Å². The van der Waals surface area contributed by atoms with Crippen LogP contribution in [0.4, 0.5) is 11.4 Å². The lowest BCUT2D eigenvalue weighted by atomic mass is 10.1. The van der Waals surface area contributed by atoms with E-state index >= 15 is 0 Å². The summed E-state index contributed by atoms with van der Waals surface area (Å²) in [7, 11) is 4.00. The van der Waals surface area contributed by atoms with Gasteiger partial charge in [0.15, 0.2) is 11.4 Å². The summed E-state index contributed by atoms with van der Waals surface area (Å²) in [4.78, 5) is 16.0. The lowest BCUT2D eigenvalue weighted by molar-refractivity contribution is 1.13. The quantitative estimate of drug-likeness (QED) is 0.250. The number of fused-ring (bicyclic) bond motifs is 2. The van der Waals surface area contributed by atoms with Crippen molar-refractivity contribution in [3.63, 3.8) is 0 Å². The number of hydrogen-bond donors (Lipinski definition) is 1. The van der Waals surface area contributed by atoms with Crippen molar-refractivity contribution in [2.75, 3.05) is 25.3 Å². The third-order valence-electron chi connectivity index (χ3n) is 3.83. The van der Waals surface area contributed by atoms with E-state index in [0.29, 0.717) is 5.17 Å². The smallest absolute Gasteiger partial charge is 0.183 e. The van der Waals surface area contributed by atoms with E-state index in [2.05, 4.69) is 10.3 Å². The minimum atomic E-state index is 0.550. The molecule has 0 saturated heterocycles. The summed E-state index contributed by atoms with van der Waals surface area (Å²) in [5.41, 5.74) is 6.16. The Hall–Kier alpha value is -2.85. The standard InChI is InChI=1S/C18H18N6S/c1-11-7-15-17(9-14(11)23-18(25-4)20-10-19)22-16-8-12(24(2)3)5-6-13(16)21-15/h5-9H,1-4H3,(H,20,23). The monoisotopic (exact) mass is 350 g/mol. The van der Waals surface area contributed by atoms with Crippen LogP contribution < -0.4 is 10.2 Å².